The van der Waals surface area contributed by atoms with Gasteiger partial charge in [0, 0.05) is 11.9 Å². The van der Waals surface area contributed by atoms with E-state index >= 15 is 0 Å². The molecule has 0 saturated heterocycles. The third-order valence-electron chi connectivity index (χ3n) is 0.904. The van der Waals surface area contributed by atoms with E-state index < -0.39 is 5.82 Å². The van der Waals surface area contributed by atoms with E-state index in [2.05, 4.69) is 34.4 Å². The van der Waals surface area contributed by atoms with Gasteiger partial charge < -0.3 is 12.4 Å². The second-order valence-electron chi connectivity index (χ2n) is 1.54. The normalized spacial score (nSPS) is 6.23. The van der Waals surface area contributed by atoms with Crippen molar-refractivity contribution in [1.29, 1.82) is 5.26 Å². The molecule has 0 aromatic heterocycles. The predicted molar refractivity (Wildman–Crippen MR) is 38.9 cm³/mol. The fraction of sp³-hybridized carbons (Fsp3) is 0. The van der Waals surface area contributed by atoms with E-state index in [-0.39, 0.29) is 31.3 Å². The molecular weight excluding hydrogens is 294 g/mol. The molecule has 1 nitrogen and oxygen atoms in total. The van der Waals surface area contributed by atoms with Crippen LogP contribution in [-0.4, -0.2) is 0 Å². The zero-order valence-corrected chi connectivity index (χ0v) is 10.2. The number of hydrogen-bond donors (Lipinski definition) is 0. The predicted octanol–water partition coefficient (Wildman–Crippen LogP) is -3.65. The SMILES string of the molecule is N#Cc1c[c-]c(F)cc1.[Cl-].[Li+].[Mn+][Br]. The molecule has 0 bridgehead atoms. The fourth-order valence-corrected chi connectivity index (χ4v) is 0.475. The van der Waals surface area contributed by atoms with Gasteiger partial charge in [0.1, 0.15) is 0 Å². The first kappa shape index (κ1) is 19.2. The van der Waals surface area contributed by atoms with Crippen LogP contribution in [0.3, 0.4) is 0 Å². The van der Waals surface area contributed by atoms with Crippen molar-refractivity contribution in [2.24, 2.45) is 0 Å². The van der Waals surface area contributed by atoms with Crippen LogP contribution in [0.5, 0.6) is 0 Å². The van der Waals surface area contributed by atoms with Crippen molar-refractivity contribution in [1.82, 2.24) is 0 Å². The number of nitriles is 1. The van der Waals surface area contributed by atoms with Crippen LogP contribution in [-0.2, 0) is 14.2 Å². The second-order valence-corrected chi connectivity index (χ2v) is 1.54. The van der Waals surface area contributed by atoms with E-state index in [0.29, 0.717) is 5.56 Å². The number of hydrogen-bond acceptors (Lipinski definition) is 1. The molecule has 0 aliphatic heterocycles. The Hall–Kier alpha value is 0.527. The monoisotopic (exact) mass is 296 g/mol. The van der Waals surface area contributed by atoms with E-state index in [1.807, 2.05) is 6.07 Å². The van der Waals surface area contributed by atoms with Gasteiger partial charge in [0.15, 0.2) is 0 Å². The van der Waals surface area contributed by atoms with E-state index in [4.69, 9.17) is 5.26 Å². The molecular formula is C7H3BrClFLiMnN. The Morgan fingerprint density at radius 2 is 2.00 bits per heavy atom. The van der Waals surface area contributed by atoms with Crippen molar-refractivity contribution in [3.8, 4) is 6.07 Å². The van der Waals surface area contributed by atoms with E-state index in [0.717, 1.165) is 0 Å². The van der Waals surface area contributed by atoms with Gasteiger partial charge in [-0.2, -0.15) is 12.1 Å². The first-order valence-electron chi connectivity index (χ1n) is 2.54. The molecule has 0 atom stereocenters. The average Bonchev–Trinajstić information content (AvgIpc) is 2.10. The molecule has 0 radical (unpaired) electrons. The molecule has 0 unspecified atom stereocenters. The van der Waals surface area contributed by atoms with Gasteiger partial charge in [0.2, 0.25) is 0 Å². The molecule has 1 aromatic carbocycles. The molecule has 0 aliphatic carbocycles. The van der Waals surface area contributed by atoms with Crippen LogP contribution >= 0.6 is 14.1 Å². The first-order valence-corrected chi connectivity index (χ1v) is 5.46. The second kappa shape index (κ2) is 12.5. The summed E-state index contributed by atoms with van der Waals surface area (Å²) in [6.07, 6.45) is 0. The Bertz CT molecular complexity index is 252. The summed E-state index contributed by atoms with van der Waals surface area (Å²) in [4.78, 5) is 0. The van der Waals surface area contributed by atoms with Crippen LogP contribution in [0.25, 0.3) is 0 Å². The van der Waals surface area contributed by atoms with Gasteiger partial charge in [-0.05, 0) is 0 Å². The first-order chi connectivity index (χ1) is 5.33. The molecule has 1 rings (SSSR count). The summed E-state index contributed by atoms with van der Waals surface area (Å²) in [5.41, 5.74) is 0.427. The van der Waals surface area contributed by atoms with Gasteiger partial charge in [-0.25, -0.2) is 9.65 Å². The maximum absolute atomic E-state index is 12.1. The van der Waals surface area contributed by atoms with Gasteiger partial charge in [0.05, 0.1) is 0 Å². The van der Waals surface area contributed by atoms with Crippen molar-refractivity contribution >= 4 is 14.1 Å². The summed E-state index contributed by atoms with van der Waals surface area (Å²) >= 11 is 5.50. The molecule has 13 heavy (non-hydrogen) atoms. The van der Waals surface area contributed by atoms with Crippen LogP contribution in [0.4, 0.5) is 4.39 Å². The molecule has 0 aliphatic rings. The van der Waals surface area contributed by atoms with Crippen LogP contribution in [0.15, 0.2) is 18.2 Å². The standard InChI is InChI=1S/C7H3FN.BrH.ClH.Li.Mn/c8-7-3-1-6(5-9)2-4-7;;;;/h1-3H;2*1H;;/q-1;;;+1;+2/p-2. The quantitative estimate of drug-likeness (QED) is 0.358. The van der Waals surface area contributed by atoms with Crippen molar-refractivity contribution in [3.63, 3.8) is 0 Å². The topological polar surface area (TPSA) is 23.8 Å². The summed E-state index contributed by atoms with van der Waals surface area (Å²) in [7, 11) is 0. The summed E-state index contributed by atoms with van der Waals surface area (Å²) in [6.45, 7) is 0. The van der Waals surface area contributed by atoms with Gasteiger partial charge in [-0.1, -0.05) is 5.56 Å². The van der Waals surface area contributed by atoms with Crippen LogP contribution in [0.1, 0.15) is 5.56 Å². The Labute approximate surface area is 110 Å². The molecule has 0 saturated carbocycles. The minimum atomic E-state index is -0.436. The molecule has 1 aromatic rings. The minimum absolute atomic E-state index is 0. The van der Waals surface area contributed by atoms with Crippen LogP contribution in [0, 0.1) is 23.2 Å². The summed E-state index contributed by atoms with van der Waals surface area (Å²) in [5.74, 6) is -0.436. The molecule has 65 valence electrons. The fourth-order valence-electron chi connectivity index (χ4n) is 0.475. The Morgan fingerprint density at radius 1 is 1.46 bits per heavy atom. The van der Waals surface area contributed by atoms with E-state index in [1.165, 1.54) is 18.2 Å². The molecule has 0 spiro atoms. The van der Waals surface area contributed by atoms with Crippen LogP contribution in [0.2, 0.25) is 0 Å². The van der Waals surface area contributed by atoms with Gasteiger partial charge in [-0.15, -0.1) is 12.1 Å². The van der Waals surface area contributed by atoms with Crippen molar-refractivity contribution < 1.29 is 49.9 Å². The van der Waals surface area contributed by atoms with Crippen molar-refractivity contribution in [2.45, 2.75) is 0 Å². The van der Waals surface area contributed by atoms with Gasteiger partial charge in [-0.3, -0.25) is 0 Å². The average molecular weight is 297 g/mol. The molecule has 0 fully saturated rings. The molecule has 6 heteroatoms. The number of benzene rings is 1. The zero-order chi connectivity index (χ0) is 8.69. The van der Waals surface area contributed by atoms with E-state index in [9.17, 15) is 4.39 Å². The maximum atomic E-state index is 12.1. The molecule has 0 amide bonds. The van der Waals surface area contributed by atoms with Gasteiger partial charge >= 0.3 is 47.2 Å². The molecule has 0 N–H and O–H groups in total. The number of rotatable bonds is 0. The number of halogens is 3. The zero-order valence-electron chi connectivity index (χ0n) is 6.69. The Morgan fingerprint density at radius 3 is 2.31 bits per heavy atom. The third kappa shape index (κ3) is 8.85. The third-order valence-corrected chi connectivity index (χ3v) is 0.904. The van der Waals surface area contributed by atoms with Gasteiger partial charge in [0.25, 0.3) is 0 Å². The van der Waals surface area contributed by atoms with Crippen molar-refractivity contribution in [3.05, 3.63) is 35.6 Å². The summed E-state index contributed by atoms with van der Waals surface area (Å²) in [5, 5.41) is 8.24. The van der Waals surface area contributed by atoms with E-state index in [1.54, 1.807) is 0 Å². The van der Waals surface area contributed by atoms with Crippen molar-refractivity contribution in [2.75, 3.05) is 0 Å². The van der Waals surface area contributed by atoms with Crippen LogP contribution < -0.4 is 31.3 Å². The Kier molecular flexibility index (Phi) is 18.5. The number of nitrogens with zero attached hydrogens (tertiary/aromatic N) is 1. The summed E-state index contributed by atoms with van der Waals surface area (Å²) in [6, 6.07) is 8.05. The Balaban J connectivity index is -0.000000234. The summed E-state index contributed by atoms with van der Waals surface area (Å²) < 4.78 is 12.1. The molecule has 0 heterocycles.